The maximum atomic E-state index is 12.5. The van der Waals surface area contributed by atoms with Crippen LogP contribution in [0.15, 0.2) is 24.3 Å². The van der Waals surface area contributed by atoms with Crippen LogP contribution >= 0.6 is 0 Å². The molecule has 1 aliphatic rings. The summed E-state index contributed by atoms with van der Waals surface area (Å²) in [6, 6.07) is 7.15. The monoisotopic (exact) mass is 291 g/mol. The van der Waals surface area contributed by atoms with Crippen molar-refractivity contribution in [1.82, 2.24) is 4.90 Å². The molecule has 1 aliphatic heterocycles. The molecular formula is C16H21NO4. The second-order valence-electron chi connectivity index (χ2n) is 6.36. The number of benzene rings is 1. The predicted octanol–water partition coefficient (Wildman–Crippen LogP) is 2.35. The summed E-state index contributed by atoms with van der Waals surface area (Å²) in [6.07, 6.45) is -0.535. The number of nitrogens with zero attached hydrogens (tertiary/aromatic N) is 1. The van der Waals surface area contributed by atoms with E-state index >= 15 is 0 Å². The van der Waals surface area contributed by atoms with Crippen LogP contribution in [0.3, 0.4) is 0 Å². The highest BCUT2D eigenvalue weighted by molar-refractivity contribution is 5.99. The highest BCUT2D eigenvalue weighted by Crippen LogP contribution is 2.35. The van der Waals surface area contributed by atoms with Gasteiger partial charge in [0.15, 0.2) is 5.60 Å². The molecule has 2 amide bonds. The van der Waals surface area contributed by atoms with Crippen LogP contribution < -0.4 is 0 Å². The fraction of sp³-hybridized carbons (Fsp3) is 0.500. The topological polar surface area (TPSA) is 66.8 Å². The number of hydrogen-bond donors (Lipinski definition) is 1. The quantitative estimate of drug-likeness (QED) is 0.862. The van der Waals surface area contributed by atoms with Crippen molar-refractivity contribution in [3.8, 4) is 0 Å². The zero-order valence-electron chi connectivity index (χ0n) is 12.8. The van der Waals surface area contributed by atoms with Crippen LogP contribution in [0.25, 0.3) is 0 Å². The smallest absolute Gasteiger partial charge is 0.417 e. The first kappa shape index (κ1) is 15.5. The van der Waals surface area contributed by atoms with E-state index in [1.807, 2.05) is 19.1 Å². The Morgan fingerprint density at radius 1 is 1.33 bits per heavy atom. The Hall–Kier alpha value is -1.88. The second-order valence-corrected chi connectivity index (χ2v) is 6.36. The van der Waals surface area contributed by atoms with E-state index in [-0.39, 0.29) is 13.0 Å². The van der Waals surface area contributed by atoms with Gasteiger partial charge in [0.2, 0.25) is 0 Å². The lowest BCUT2D eigenvalue weighted by Gasteiger charge is -2.26. The first-order valence-corrected chi connectivity index (χ1v) is 6.98. The summed E-state index contributed by atoms with van der Waals surface area (Å²) >= 11 is 0. The van der Waals surface area contributed by atoms with Crippen molar-refractivity contribution in [3.05, 3.63) is 35.4 Å². The summed E-state index contributed by atoms with van der Waals surface area (Å²) in [7, 11) is 0. The molecule has 0 radical (unpaired) electrons. The number of aliphatic hydroxyl groups is 1. The van der Waals surface area contributed by atoms with Crippen molar-refractivity contribution >= 4 is 12.0 Å². The Morgan fingerprint density at radius 3 is 2.52 bits per heavy atom. The molecule has 1 saturated heterocycles. The first-order chi connectivity index (χ1) is 9.65. The largest absolute Gasteiger partial charge is 0.443 e. The molecule has 1 aromatic carbocycles. The van der Waals surface area contributed by atoms with Gasteiger partial charge in [-0.1, -0.05) is 24.3 Å². The molecule has 2 rings (SSSR count). The second kappa shape index (κ2) is 5.15. The van der Waals surface area contributed by atoms with Crippen LogP contribution in [0.5, 0.6) is 0 Å². The lowest BCUT2D eigenvalue weighted by atomic mass is 9.89. The van der Waals surface area contributed by atoms with E-state index in [2.05, 4.69) is 0 Å². The van der Waals surface area contributed by atoms with E-state index in [0.717, 1.165) is 10.5 Å². The predicted molar refractivity (Wildman–Crippen MR) is 77.6 cm³/mol. The van der Waals surface area contributed by atoms with Crippen molar-refractivity contribution in [1.29, 1.82) is 0 Å². The van der Waals surface area contributed by atoms with Crippen LogP contribution in [-0.4, -0.2) is 34.2 Å². The minimum Gasteiger partial charge on any atom is -0.443 e. The van der Waals surface area contributed by atoms with E-state index in [0.29, 0.717) is 5.56 Å². The lowest BCUT2D eigenvalue weighted by Crippen LogP contribution is -2.43. The van der Waals surface area contributed by atoms with Gasteiger partial charge < -0.3 is 9.84 Å². The molecule has 0 saturated carbocycles. The number of rotatable bonds is 1. The van der Waals surface area contributed by atoms with Crippen LogP contribution in [0, 0.1) is 6.92 Å². The number of aryl methyl sites for hydroxylation is 1. The lowest BCUT2D eigenvalue weighted by molar-refractivity contribution is -0.143. The summed E-state index contributed by atoms with van der Waals surface area (Å²) in [4.78, 5) is 25.5. The molecule has 5 heteroatoms. The third kappa shape index (κ3) is 2.93. The van der Waals surface area contributed by atoms with Crippen LogP contribution in [0.2, 0.25) is 0 Å². The normalized spacial score (nSPS) is 22.5. The molecule has 1 atom stereocenters. The van der Waals surface area contributed by atoms with E-state index in [4.69, 9.17) is 4.74 Å². The third-order valence-electron chi connectivity index (χ3n) is 3.50. The van der Waals surface area contributed by atoms with Crippen molar-refractivity contribution in [2.45, 2.75) is 45.3 Å². The molecule has 5 nitrogen and oxygen atoms in total. The van der Waals surface area contributed by atoms with Gasteiger partial charge in [-0.3, -0.25) is 4.79 Å². The highest BCUT2D eigenvalue weighted by atomic mass is 16.6. The third-order valence-corrected chi connectivity index (χ3v) is 3.50. The molecule has 1 N–H and O–H groups in total. The van der Waals surface area contributed by atoms with E-state index in [1.54, 1.807) is 32.9 Å². The van der Waals surface area contributed by atoms with Gasteiger partial charge in [-0.25, -0.2) is 9.69 Å². The first-order valence-electron chi connectivity index (χ1n) is 6.98. The summed E-state index contributed by atoms with van der Waals surface area (Å²) in [5.74, 6) is -0.619. The highest BCUT2D eigenvalue weighted by Gasteiger charge is 2.50. The summed E-state index contributed by atoms with van der Waals surface area (Å²) in [6.45, 7) is 7.19. The van der Waals surface area contributed by atoms with Crippen LogP contribution in [0.1, 0.15) is 38.3 Å². The molecular weight excluding hydrogens is 270 g/mol. The van der Waals surface area contributed by atoms with Gasteiger partial charge in [-0.15, -0.1) is 0 Å². The van der Waals surface area contributed by atoms with Gasteiger partial charge in [0, 0.05) is 13.0 Å². The Bertz CT molecular complexity index is 576. The van der Waals surface area contributed by atoms with Crippen molar-refractivity contribution in [3.63, 3.8) is 0 Å². The maximum Gasteiger partial charge on any atom is 0.417 e. The van der Waals surface area contributed by atoms with Crippen molar-refractivity contribution in [2.75, 3.05) is 6.54 Å². The molecule has 0 aliphatic carbocycles. The van der Waals surface area contributed by atoms with E-state index < -0.39 is 23.2 Å². The van der Waals surface area contributed by atoms with Gasteiger partial charge in [-0.05, 0) is 38.8 Å². The molecule has 21 heavy (non-hydrogen) atoms. The molecule has 1 heterocycles. The molecule has 114 valence electrons. The van der Waals surface area contributed by atoms with Gasteiger partial charge >= 0.3 is 6.09 Å². The Labute approximate surface area is 124 Å². The van der Waals surface area contributed by atoms with Crippen LogP contribution in [-0.2, 0) is 15.1 Å². The van der Waals surface area contributed by atoms with Gasteiger partial charge in [-0.2, -0.15) is 0 Å². The standard InChI is InChI=1S/C16H21NO4/c1-11-7-5-6-8-12(11)16(20)9-10-17(13(16)18)14(19)21-15(2,3)4/h5-8,20H,9-10H2,1-4H3. The fourth-order valence-corrected chi connectivity index (χ4v) is 2.48. The maximum absolute atomic E-state index is 12.5. The van der Waals surface area contributed by atoms with E-state index in [1.165, 1.54) is 0 Å². The minimum atomic E-state index is -1.65. The van der Waals surface area contributed by atoms with Crippen molar-refractivity contribution in [2.24, 2.45) is 0 Å². The van der Waals surface area contributed by atoms with Crippen molar-refractivity contribution < 1.29 is 19.4 Å². The summed E-state index contributed by atoms with van der Waals surface area (Å²) in [5, 5.41) is 10.7. The Morgan fingerprint density at radius 2 is 1.95 bits per heavy atom. The zero-order chi connectivity index (χ0) is 15.8. The number of carbonyl (C=O) groups is 2. The molecule has 1 fully saturated rings. The minimum absolute atomic E-state index is 0.151. The Kier molecular flexibility index (Phi) is 3.80. The molecule has 0 spiro atoms. The summed E-state index contributed by atoms with van der Waals surface area (Å²) in [5.41, 5.74) is -0.969. The average molecular weight is 291 g/mol. The fourth-order valence-electron chi connectivity index (χ4n) is 2.48. The number of ether oxygens (including phenoxy) is 1. The SMILES string of the molecule is Cc1ccccc1C1(O)CCN(C(=O)OC(C)(C)C)C1=O. The van der Waals surface area contributed by atoms with Gasteiger partial charge in [0.25, 0.3) is 5.91 Å². The van der Waals surface area contributed by atoms with Crippen LogP contribution in [0.4, 0.5) is 4.79 Å². The van der Waals surface area contributed by atoms with Gasteiger partial charge in [0.1, 0.15) is 5.60 Å². The molecule has 0 aromatic heterocycles. The van der Waals surface area contributed by atoms with Gasteiger partial charge in [0.05, 0.1) is 0 Å². The summed E-state index contributed by atoms with van der Waals surface area (Å²) < 4.78 is 5.21. The number of imide groups is 1. The number of carbonyl (C=O) groups excluding carboxylic acids is 2. The average Bonchev–Trinajstić information content (AvgIpc) is 2.65. The molecule has 1 aromatic rings. The molecule has 1 unspecified atom stereocenters. The number of hydrogen-bond acceptors (Lipinski definition) is 4. The Balaban J connectivity index is 2.26. The zero-order valence-corrected chi connectivity index (χ0v) is 12.8. The number of likely N-dealkylation sites (tertiary alicyclic amines) is 1. The number of amides is 2. The van der Waals surface area contributed by atoms with E-state index in [9.17, 15) is 14.7 Å². The molecule has 0 bridgehead atoms.